The molecule has 2 atom stereocenters. The Balaban J connectivity index is 1.91. The van der Waals surface area contributed by atoms with Gasteiger partial charge in [0.2, 0.25) is 0 Å². The lowest BCUT2D eigenvalue weighted by Gasteiger charge is -2.26. The summed E-state index contributed by atoms with van der Waals surface area (Å²) in [5.74, 6) is 0.835. The average molecular weight is 331 g/mol. The Labute approximate surface area is 142 Å². The van der Waals surface area contributed by atoms with Gasteiger partial charge in [0.1, 0.15) is 17.1 Å². The zero-order chi connectivity index (χ0) is 16.9. The Morgan fingerprint density at radius 2 is 1.65 bits per heavy atom. The van der Waals surface area contributed by atoms with Crippen LogP contribution in [0.3, 0.4) is 0 Å². The van der Waals surface area contributed by atoms with Crippen molar-refractivity contribution in [2.75, 3.05) is 0 Å². The monoisotopic (exact) mass is 331 g/mol. The number of benzene rings is 2. The highest BCUT2D eigenvalue weighted by molar-refractivity contribution is 7.90. The van der Waals surface area contributed by atoms with E-state index >= 15 is 0 Å². The van der Waals surface area contributed by atoms with Crippen LogP contribution >= 0.6 is 0 Å². The van der Waals surface area contributed by atoms with Gasteiger partial charge in [0.25, 0.3) is 0 Å². The highest BCUT2D eigenvalue weighted by Gasteiger charge is 2.28. The molecule has 0 aromatic heterocycles. The average Bonchev–Trinajstić information content (AvgIpc) is 2.53. The summed E-state index contributed by atoms with van der Waals surface area (Å²) in [6, 6.07) is 18.1. The summed E-state index contributed by atoms with van der Waals surface area (Å²) in [6.45, 7) is 8.46. The summed E-state index contributed by atoms with van der Waals surface area (Å²) in [7, 11) is 0. The zero-order valence-corrected chi connectivity index (χ0v) is 15.0. The third-order valence-corrected chi connectivity index (χ3v) is 5.15. The fraction of sp³-hybridized carbons (Fsp3) is 0.368. The van der Waals surface area contributed by atoms with E-state index in [9.17, 15) is 4.55 Å². The van der Waals surface area contributed by atoms with E-state index in [4.69, 9.17) is 4.74 Å². The molecule has 1 N–H and O–H groups in total. The quantitative estimate of drug-likeness (QED) is 0.799. The van der Waals surface area contributed by atoms with E-state index in [1.165, 1.54) is 0 Å². The maximum atomic E-state index is 12.1. The second-order valence-corrected chi connectivity index (χ2v) is 8.56. The van der Waals surface area contributed by atoms with Gasteiger partial charge in [-0.05, 0) is 51.0 Å². The zero-order valence-electron chi connectivity index (χ0n) is 14.2. The molecular weight excluding hydrogens is 306 g/mol. The molecule has 0 saturated heterocycles. The summed E-state index contributed by atoms with van der Waals surface area (Å²) < 4.78 is 20.8. The molecule has 0 aliphatic heterocycles. The summed E-state index contributed by atoms with van der Waals surface area (Å²) >= 11 is -1.08. The van der Waals surface area contributed by atoms with E-state index in [2.05, 4.69) is 4.72 Å². The lowest BCUT2D eigenvalue weighted by molar-refractivity contribution is 0.306. The van der Waals surface area contributed by atoms with Gasteiger partial charge in [-0.15, -0.1) is 4.72 Å². The van der Waals surface area contributed by atoms with Crippen LogP contribution in [0, 0.1) is 0 Å². The van der Waals surface area contributed by atoms with Crippen molar-refractivity contribution < 1.29 is 9.29 Å². The van der Waals surface area contributed by atoms with Crippen molar-refractivity contribution in [3.63, 3.8) is 0 Å². The summed E-state index contributed by atoms with van der Waals surface area (Å²) in [4.78, 5) is 0. The van der Waals surface area contributed by atoms with Gasteiger partial charge >= 0.3 is 0 Å². The molecular formula is C19H25NO2S. The molecule has 2 aromatic rings. The molecule has 0 fully saturated rings. The topological polar surface area (TPSA) is 44.3 Å². The van der Waals surface area contributed by atoms with Crippen LogP contribution in [0.5, 0.6) is 5.75 Å². The summed E-state index contributed by atoms with van der Waals surface area (Å²) in [6.07, 6.45) is 0. The fourth-order valence-electron chi connectivity index (χ4n) is 2.00. The molecule has 3 nitrogen and oxygen atoms in total. The van der Waals surface area contributed by atoms with Crippen molar-refractivity contribution in [3.05, 3.63) is 65.7 Å². The first-order valence-corrected chi connectivity index (χ1v) is 8.96. The Morgan fingerprint density at radius 1 is 1.04 bits per heavy atom. The lowest BCUT2D eigenvalue weighted by atomic mass is 10.1. The number of rotatable bonds is 6. The van der Waals surface area contributed by atoms with Crippen LogP contribution < -0.4 is 9.46 Å². The maximum Gasteiger partial charge on any atom is 0.136 e. The molecule has 0 aliphatic rings. The number of ether oxygens (including phenoxy) is 1. The molecule has 0 aliphatic carbocycles. The molecule has 4 heteroatoms. The normalized spacial score (nSPS) is 14.3. The van der Waals surface area contributed by atoms with Crippen LogP contribution in [0.25, 0.3) is 0 Å². The highest BCUT2D eigenvalue weighted by atomic mass is 32.2. The Hall–Kier alpha value is -1.49. The third kappa shape index (κ3) is 5.57. The van der Waals surface area contributed by atoms with Gasteiger partial charge in [0, 0.05) is 11.4 Å². The van der Waals surface area contributed by atoms with Crippen LogP contribution in [0.1, 0.15) is 44.9 Å². The van der Waals surface area contributed by atoms with Crippen LogP contribution in [-0.2, 0) is 18.0 Å². The second-order valence-electron chi connectivity index (χ2n) is 6.56. The molecule has 0 bridgehead atoms. The van der Waals surface area contributed by atoms with Crippen molar-refractivity contribution in [2.45, 2.75) is 45.1 Å². The molecule has 2 rings (SSSR count). The second kappa shape index (κ2) is 7.86. The van der Waals surface area contributed by atoms with E-state index < -0.39 is 11.4 Å². The van der Waals surface area contributed by atoms with Crippen molar-refractivity contribution >= 4 is 11.4 Å². The minimum absolute atomic E-state index is 0.0261. The fourth-order valence-corrected chi connectivity index (χ4v) is 2.81. The number of nitrogens with one attached hydrogen (secondary N) is 1. The first-order valence-electron chi connectivity index (χ1n) is 7.81. The molecule has 124 valence electrons. The minimum atomic E-state index is -1.08. The standard InChI is InChI=1S/C19H25NO2S/c1-15(20-23(21)19(2,3)4)17-10-12-18(13-11-17)22-14-16-8-6-5-7-9-16/h5-13,15,20H,14H2,1-4H3. The van der Waals surface area contributed by atoms with Gasteiger partial charge in [0.05, 0.1) is 6.04 Å². The largest absolute Gasteiger partial charge is 0.598 e. The van der Waals surface area contributed by atoms with Crippen LogP contribution in [0.4, 0.5) is 0 Å². The number of hydrogen-bond acceptors (Lipinski definition) is 3. The molecule has 0 heterocycles. The predicted molar refractivity (Wildman–Crippen MR) is 96.7 cm³/mol. The maximum absolute atomic E-state index is 12.1. The van der Waals surface area contributed by atoms with Crippen molar-refractivity contribution in [1.29, 1.82) is 0 Å². The highest BCUT2D eigenvalue weighted by Crippen LogP contribution is 2.22. The number of hydrogen-bond donors (Lipinski definition) is 1. The third-order valence-electron chi connectivity index (χ3n) is 3.47. The van der Waals surface area contributed by atoms with E-state index in [0.717, 1.165) is 16.9 Å². The first kappa shape index (κ1) is 17.9. The van der Waals surface area contributed by atoms with Gasteiger partial charge in [-0.1, -0.05) is 42.5 Å². The van der Waals surface area contributed by atoms with Gasteiger partial charge < -0.3 is 9.29 Å². The molecule has 2 aromatic carbocycles. The van der Waals surface area contributed by atoms with Gasteiger partial charge in [0.15, 0.2) is 0 Å². The van der Waals surface area contributed by atoms with Crippen LogP contribution in [-0.4, -0.2) is 9.30 Å². The van der Waals surface area contributed by atoms with Crippen molar-refractivity contribution in [2.24, 2.45) is 0 Å². The van der Waals surface area contributed by atoms with Crippen molar-refractivity contribution in [1.82, 2.24) is 4.72 Å². The van der Waals surface area contributed by atoms with Gasteiger partial charge in [-0.3, -0.25) is 0 Å². The lowest BCUT2D eigenvalue weighted by Crippen LogP contribution is -2.40. The Bertz CT molecular complexity index is 593. The molecule has 23 heavy (non-hydrogen) atoms. The molecule has 0 amide bonds. The predicted octanol–water partition coefficient (Wildman–Crippen LogP) is 4.38. The molecule has 2 unspecified atom stereocenters. The van der Waals surface area contributed by atoms with Crippen molar-refractivity contribution in [3.8, 4) is 5.75 Å². The van der Waals surface area contributed by atoms with Crippen LogP contribution in [0.15, 0.2) is 54.6 Å². The van der Waals surface area contributed by atoms with E-state index in [-0.39, 0.29) is 10.8 Å². The van der Waals surface area contributed by atoms with Gasteiger partial charge in [-0.25, -0.2) is 0 Å². The summed E-state index contributed by atoms with van der Waals surface area (Å²) in [5.41, 5.74) is 2.24. The van der Waals surface area contributed by atoms with E-state index in [0.29, 0.717) is 6.61 Å². The molecule has 0 saturated carbocycles. The first-order chi connectivity index (χ1) is 10.9. The van der Waals surface area contributed by atoms with Crippen LogP contribution in [0.2, 0.25) is 0 Å². The van der Waals surface area contributed by atoms with E-state index in [1.807, 2.05) is 82.3 Å². The molecule has 0 radical (unpaired) electrons. The van der Waals surface area contributed by atoms with Gasteiger partial charge in [-0.2, -0.15) is 0 Å². The Morgan fingerprint density at radius 3 is 2.22 bits per heavy atom. The van der Waals surface area contributed by atoms with E-state index in [1.54, 1.807) is 0 Å². The minimum Gasteiger partial charge on any atom is -0.598 e. The smallest absolute Gasteiger partial charge is 0.136 e. The Kier molecular flexibility index (Phi) is 6.10. The SMILES string of the molecule is CC(N[S+]([O-])C(C)(C)C)c1ccc(OCc2ccccc2)cc1. The summed E-state index contributed by atoms with van der Waals surface area (Å²) in [5, 5.41) is 0. The molecule has 0 spiro atoms.